The average molecular weight is 296 g/mol. The predicted molar refractivity (Wildman–Crippen MR) is 59.2 cm³/mol. The molecule has 10 heteroatoms. The maximum atomic E-state index is 11.8. The Morgan fingerprint density at radius 2 is 2.32 bits per heavy atom. The number of amides is 1. The lowest BCUT2D eigenvalue weighted by molar-refractivity contribution is -0.191. The van der Waals surface area contributed by atoms with E-state index in [1.807, 2.05) is 4.57 Å². The number of thioether (sulfide) groups is 1. The minimum absolute atomic E-state index is 0.0801. The molecule has 1 heterocycles. The second-order valence-corrected chi connectivity index (χ2v) is 4.91. The number of halogens is 3. The van der Waals surface area contributed by atoms with Gasteiger partial charge in [-0.05, 0) is 12.8 Å². The summed E-state index contributed by atoms with van der Waals surface area (Å²) >= 11 is 1.10. The molecule has 0 aromatic carbocycles. The molecule has 1 fully saturated rings. The number of nitrogens with zero attached hydrogens (tertiary/aromatic N) is 3. The van der Waals surface area contributed by atoms with Crippen molar-refractivity contribution in [2.45, 2.75) is 30.2 Å². The van der Waals surface area contributed by atoms with Gasteiger partial charge in [0, 0.05) is 6.04 Å². The topological polar surface area (TPSA) is 69.0 Å². The Balaban J connectivity index is 1.70. The molecular formula is C9H11F3N4O2S. The third-order valence-electron chi connectivity index (χ3n) is 2.23. The zero-order valence-electron chi connectivity index (χ0n) is 9.68. The quantitative estimate of drug-likeness (QED) is 0.633. The number of hydrogen-bond donors (Lipinski definition) is 1. The monoisotopic (exact) mass is 296 g/mol. The van der Waals surface area contributed by atoms with Crippen molar-refractivity contribution in [1.82, 2.24) is 20.2 Å². The zero-order valence-corrected chi connectivity index (χ0v) is 10.5. The Morgan fingerprint density at radius 1 is 1.58 bits per heavy atom. The van der Waals surface area contributed by atoms with Crippen molar-refractivity contribution >= 4 is 17.7 Å². The average Bonchev–Trinajstić information content (AvgIpc) is 3.04. The van der Waals surface area contributed by atoms with Gasteiger partial charge in [0.2, 0.25) is 0 Å². The number of hydroxylamine groups is 1. The molecule has 0 saturated heterocycles. The minimum Gasteiger partial charge on any atom is -0.306 e. The van der Waals surface area contributed by atoms with Crippen LogP contribution in [0.3, 0.4) is 0 Å². The van der Waals surface area contributed by atoms with Gasteiger partial charge in [-0.25, -0.2) is 5.48 Å². The molecule has 0 aliphatic heterocycles. The van der Waals surface area contributed by atoms with E-state index in [1.165, 1.54) is 0 Å². The molecule has 1 saturated carbocycles. The summed E-state index contributed by atoms with van der Waals surface area (Å²) in [7, 11) is 0. The summed E-state index contributed by atoms with van der Waals surface area (Å²) in [5, 5.41) is 8.16. The Hall–Kier alpha value is -1.29. The Labute approximate surface area is 110 Å². The zero-order chi connectivity index (χ0) is 13.9. The highest BCUT2D eigenvalue weighted by atomic mass is 32.2. The van der Waals surface area contributed by atoms with Gasteiger partial charge in [0.15, 0.2) is 11.8 Å². The second kappa shape index (κ2) is 5.78. The Morgan fingerprint density at radius 3 is 2.95 bits per heavy atom. The van der Waals surface area contributed by atoms with Gasteiger partial charge in [-0.15, -0.1) is 10.2 Å². The first-order chi connectivity index (χ1) is 8.96. The SMILES string of the molecule is O=C(CSc1nncn1C1CC1)NOCC(F)(F)F. The van der Waals surface area contributed by atoms with Crippen molar-refractivity contribution in [2.24, 2.45) is 0 Å². The second-order valence-electron chi connectivity index (χ2n) is 3.97. The molecule has 1 aromatic heterocycles. The van der Waals surface area contributed by atoms with Gasteiger partial charge in [-0.3, -0.25) is 9.63 Å². The normalized spacial score (nSPS) is 15.5. The third-order valence-corrected chi connectivity index (χ3v) is 3.19. The van der Waals surface area contributed by atoms with Crippen LogP contribution in [-0.2, 0) is 9.63 Å². The number of aromatic nitrogens is 3. The fourth-order valence-electron chi connectivity index (χ4n) is 1.30. The highest BCUT2D eigenvalue weighted by Crippen LogP contribution is 2.37. The summed E-state index contributed by atoms with van der Waals surface area (Å²) in [5.74, 6) is -0.733. The van der Waals surface area contributed by atoms with Crippen LogP contribution in [0.25, 0.3) is 0 Å². The van der Waals surface area contributed by atoms with Crippen molar-refractivity contribution in [3.05, 3.63) is 6.33 Å². The fourth-order valence-corrected chi connectivity index (χ4v) is 2.07. The maximum Gasteiger partial charge on any atom is 0.414 e. The summed E-state index contributed by atoms with van der Waals surface area (Å²) in [6.45, 7) is -1.51. The Kier molecular flexibility index (Phi) is 4.30. The van der Waals surface area contributed by atoms with Crippen LogP contribution in [0.1, 0.15) is 18.9 Å². The highest BCUT2D eigenvalue weighted by Gasteiger charge is 2.28. The van der Waals surface area contributed by atoms with Gasteiger partial charge < -0.3 is 4.57 Å². The van der Waals surface area contributed by atoms with Crippen LogP contribution >= 0.6 is 11.8 Å². The first kappa shape index (κ1) is 14.1. The van der Waals surface area contributed by atoms with Crippen LogP contribution in [0.15, 0.2) is 11.5 Å². The van der Waals surface area contributed by atoms with Gasteiger partial charge in [0.25, 0.3) is 5.91 Å². The number of nitrogens with one attached hydrogen (secondary N) is 1. The van der Waals surface area contributed by atoms with E-state index in [9.17, 15) is 18.0 Å². The minimum atomic E-state index is -4.47. The lowest BCUT2D eigenvalue weighted by atomic mass is 10.7. The summed E-state index contributed by atoms with van der Waals surface area (Å²) in [4.78, 5) is 15.3. The van der Waals surface area contributed by atoms with Gasteiger partial charge in [-0.1, -0.05) is 11.8 Å². The van der Waals surface area contributed by atoms with Crippen molar-refractivity contribution in [1.29, 1.82) is 0 Å². The molecule has 0 spiro atoms. The number of alkyl halides is 3. The molecule has 6 nitrogen and oxygen atoms in total. The van der Waals surface area contributed by atoms with Gasteiger partial charge in [0.05, 0.1) is 5.75 Å². The van der Waals surface area contributed by atoms with E-state index in [0.29, 0.717) is 11.2 Å². The summed E-state index contributed by atoms with van der Waals surface area (Å²) in [6.07, 6.45) is -0.788. The molecule has 1 amide bonds. The molecule has 19 heavy (non-hydrogen) atoms. The fraction of sp³-hybridized carbons (Fsp3) is 0.667. The van der Waals surface area contributed by atoms with Gasteiger partial charge >= 0.3 is 6.18 Å². The van der Waals surface area contributed by atoms with E-state index < -0.39 is 18.7 Å². The van der Waals surface area contributed by atoms with E-state index >= 15 is 0 Å². The van der Waals surface area contributed by atoms with E-state index in [0.717, 1.165) is 24.6 Å². The predicted octanol–water partition coefficient (Wildman–Crippen LogP) is 1.32. The van der Waals surface area contributed by atoms with Crippen LogP contribution in [0.4, 0.5) is 13.2 Å². The lowest BCUT2D eigenvalue weighted by Gasteiger charge is -2.08. The van der Waals surface area contributed by atoms with Gasteiger partial charge in [-0.2, -0.15) is 13.2 Å². The number of hydrogen-bond acceptors (Lipinski definition) is 5. The molecule has 1 aromatic rings. The molecular weight excluding hydrogens is 285 g/mol. The van der Waals surface area contributed by atoms with Gasteiger partial charge in [0.1, 0.15) is 6.33 Å². The van der Waals surface area contributed by atoms with E-state index in [2.05, 4.69) is 15.0 Å². The number of carbonyl (C=O) groups is 1. The van der Waals surface area contributed by atoms with Crippen molar-refractivity contribution < 1.29 is 22.8 Å². The van der Waals surface area contributed by atoms with Crippen LogP contribution in [0.5, 0.6) is 0 Å². The largest absolute Gasteiger partial charge is 0.414 e. The first-order valence-corrected chi connectivity index (χ1v) is 6.44. The van der Waals surface area contributed by atoms with Crippen LogP contribution < -0.4 is 5.48 Å². The summed E-state index contributed by atoms with van der Waals surface area (Å²) in [5.41, 5.74) is 1.73. The van der Waals surface area contributed by atoms with Crippen molar-refractivity contribution in [3.8, 4) is 0 Å². The summed E-state index contributed by atoms with van der Waals surface area (Å²) in [6, 6.07) is 0.377. The molecule has 0 radical (unpaired) electrons. The smallest absolute Gasteiger partial charge is 0.306 e. The molecule has 1 aliphatic carbocycles. The van der Waals surface area contributed by atoms with Crippen molar-refractivity contribution in [3.63, 3.8) is 0 Å². The standard InChI is InChI=1S/C9H11F3N4O2S/c10-9(11,12)4-18-15-7(17)3-19-8-14-13-5-16(8)6-1-2-6/h5-6H,1-4H2,(H,15,17). The maximum absolute atomic E-state index is 11.8. The molecule has 2 rings (SSSR count). The van der Waals surface area contributed by atoms with Crippen LogP contribution in [0.2, 0.25) is 0 Å². The molecule has 106 valence electrons. The summed E-state index contributed by atoms with van der Waals surface area (Å²) < 4.78 is 37.1. The number of rotatable bonds is 6. The molecule has 0 bridgehead atoms. The van der Waals surface area contributed by atoms with Crippen LogP contribution in [-0.4, -0.2) is 39.2 Å². The lowest BCUT2D eigenvalue weighted by Crippen LogP contribution is -2.30. The highest BCUT2D eigenvalue weighted by molar-refractivity contribution is 7.99. The van der Waals surface area contributed by atoms with E-state index in [-0.39, 0.29) is 5.75 Å². The molecule has 0 atom stereocenters. The first-order valence-electron chi connectivity index (χ1n) is 5.45. The molecule has 1 N–H and O–H groups in total. The number of carbonyl (C=O) groups excluding carboxylic acids is 1. The van der Waals surface area contributed by atoms with E-state index in [1.54, 1.807) is 11.8 Å². The van der Waals surface area contributed by atoms with Crippen molar-refractivity contribution in [2.75, 3.05) is 12.4 Å². The van der Waals surface area contributed by atoms with Crippen LogP contribution in [0, 0.1) is 0 Å². The molecule has 1 aliphatic rings. The third kappa shape index (κ3) is 4.71. The molecule has 0 unspecified atom stereocenters. The Bertz CT molecular complexity index is 447. The van der Waals surface area contributed by atoms with E-state index in [4.69, 9.17) is 0 Å².